The average molecular weight is 521 g/mol. The molecule has 192 valence electrons. The van der Waals surface area contributed by atoms with Crippen LogP contribution in [0.15, 0.2) is 65.9 Å². The minimum absolute atomic E-state index is 0.0144. The van der Waals surface area contributed by atoms with Crippen LogP contribution in [0, 0.1) is 11.8 Å². The Balaban J connectivity index is 1.41. The lowest BCUT2D eigenvalue weighted by atomic mass is 9.67. The number of alkyl halides is 2. The third kappa shape index (κ3) is 4.43. The zero-order valence-electron chi connectivity index (χ0n) is 19.4. The lowest BCUT2D eigenvalue weighted by Crippen LogP contribution is -2.36. The van der Waals surface area contributed by atoms with E-state index < -0.39 is 47.3 Å². The van der Waals surface area contributed by atoms with E-state index in [1.165, 1.54) is 12.2 Å². The molecule has 2 heterocycles. The molecule has 7 atom stereocenters. The minimum Gasteiger partial charge on any atom is -0.390 e. The third-order valence-electron chi connectivity index (χ3n) is 7.28. The number of rotatable bonds is 7. The van der Waals surface area contributed by atoms with Crippen LogP contribution < -0.4 is 10.5 Å². The van der Waals surface area contributed by atoms with Crippen LogP contribution in [0.2, 0.25) is 0 Å². The molecule has 1 saturated carbocycles. The summed E-state index contributed by atoms with van der Waals surface area (Å²) in [4.78, 5) is 4.42. The summed E-state index contributed by atoms with van der Waals surface area (Å²) in [6, 6.07) is 3.08. The van der Waals surface area contributed by atoms with Crippen LogP contribution >= 0.6 is 0 Å². The summed E-state index contributed by atoms with van der Waals surface area (Å²) in [5, 5.41) is 34.2. The largest absolute Gasteiger partial charge is 0.390 e. The second kappa shape index (κ2) is 9.60. The number of aliphatic hydroxyl groups excluding tert-OH is 2. The first-order valence-corrected chi connectivity index (χ1v) is 12.7. The number of fused-ring (bicyclic) bond motifs is 2. The summed E-state index contributed by atoms with van der Waals surface area (Å²) in [6.45, 7) is 2.09. The number of anilines is 1. The molecule has 12 heteroatoms. The molecule has 1 fully saturated rings. The summed E-state index contributed by atoms with van der Waals surface area (Å²) in [6.07, 6.45) is 7.88. The van der Waals surface area contributed by atoms with Gasteiger partial charge in [0.05, 0.1) is 23.8 Å². The molecular formula is C24H28F2N5O4S+. The lowest BCUT2D eigenvalue weighted by Gasteiger charge is -2.36. The van der Waals surface area contributed by atoms with E-state index in [0.717, 1.165) is 5.57 Å². The number of halogens is 2. The van der Waals surface area contributed by atoms with Crippen molar-refractivity contribution in [2.45, 2.75) is 43.4 Å². The highest BCUT2D eigenvalue weighted by Gasteiger charge is 2.44. The number of aliphatic hydroxyl groups is 3. The van der Waals surface area contributed by atoms with Crippen molar-refractivity contribution in [3.05, 3.63) is 71.6 Å². The number of aromatic nitrogens is 3. The van der Waals surface area contributed by atoms with Gasteiger partial charge in [-0.1, -0.05) is 30.4 Å². The van der Waals surface area contributed by atoms with Crippen LogP contribution in [0.4, 0.5) is 14.6 Å². The van der Waals surface area contributed by atoms with Crippen molar-refractivity contribution in [1.29, 1.82) is 0 Å². The highest BCUT2D eigenvalue weighted by molar-refractivity contribution is 7.77. The van der Waals surface area contributed by atoms with Gasteiger partial charge in [0.25, 0.3) is 6.43 Å². The number of hydrogen-bond donors (Lipinski definition) is 4. The SMILES string of the molecule is CC1(c2cc3nccc(N[C@@H]4C[C@H](C[OH+]S(N)=O)[C@@H](O)[C@H]4O)n3n2)C=CC=C2C=C(C(F)F)C=CC21. The molecule has 0 bridgehead atoms. The fourth-order valence-corrected chi connectivity index (χ4v) is 5.60. The van der Waals surface area contributed by atoms with E-state index in [4.69, 9.17) is 10.2 Å². The summed E-state index contributed by atoms with van der Waals surface area (Å²) in [7, 11) is 0. The fraction of sp³-hybridized carbons (Fsp3) is 0.417. The first-order chi connectivity index (χ1) is 17.2. The molecule has 3 aliphatic rings. The highest BCUT2D eigenvalue weighted by atomic mass is 32.2. The van der Waals surface area contributed by atoms with Crippen LogP contribution in [0.3, 0.4) is 0 Å². The quantitative estimate of drug-likeness (QED) is 0.322. The van der Waals surface area contributed by atoms with Crippen molar-refractivity contribution < 1.29 is 27.4 Å². The molecule has 6 N–H and O–H groups in total. The fourth-order valence-electron chi connectivity index (χ4n) is 5.27. The molecule has 2 aromatic rings. The molecule has 36 heavy (non-hydrogen) atoms. The summed E-state index contributed by atoms with van der Waals surface area (Å²) in [5.41, 5.74) is 1.47. The average Bonchev–Trinajstić information content (AvgIpc) is 3.41. The Bertz CT molecular complexity index is 1310. The van der Waals surface area contributed by atoms with Crippen molar-refractivity contribution in [1.82, 2.24) is 14.6 Å². The molecule has 0 saturated heterocycles. The Kier molecular flexibility index (Phi) is 6.64. The Labute approximate surface area is 208 Å². The van der Waals surface area contributed by atoms with Crippen molar-refractivity contribution in [2.75, 3.05) is 11.9 Å². The van der Waals surface area contributed by atoms with E-state index in [1.54, 1.807) is 22.9 Å². The Hall–Kier alpha value is -2.77. The molecule has 0 spiro atoms. The number of hydrogen-bond acceptors (Lipinski definition) is 6. The molecule has 2 aromatic heterocycles. The van der Waals surface area contributed by atoms with Gasteiger partial charge in [0.15, 0.2) is 12.3 Å². The second-order valence-corrected chi connectivity index (χ2v) is 10.3. The number of nitrogens with one attached hydrogen (secondary N) is 1. The number of nitrogens with zero attached hydrogens (tertiary/aromatic N) is 3. The topological polar surface area (TPSA) is 139 Å². The normalized spacial score (nSPS) is 32.5. The number of nitrogens with two attached hydrogens (primary N) is 1. The number of allylic oxidation sites excluding steroid dienone is 8. The lowest BCUT2D eigenvalue weighted by molar-refractivity contribution is -0.00756. The molecule has 5 rings (SSSR count). The summed E-state index contributed by atoms with van der Waals surface area (Å²) in [5.74, 6) is 0.00715. The van der Waals surface area contributed by atoms with E-state index >= 15 is 0 Å². The first-order valence-electron chi connectivity index (χ1n) is 11.6. The third-order valence-corrected chi connectivity index (χ3v) is 7.69. The maximum absolute atomic E-state index is 13.2. The molecule has 0 aliphatic heterocycles. The summed E-state index contributed by atoms with van der Waals surface area (Å²) < 4.78 is 43.0. The van der Waals surface area contributed by atoms with E-state index in [1.807, 2.05) is 31.2 Å². The molecule has 9 nitrogen and oxygen atoms in total. The molecule has 0 amide bonds. The van der Waals surface area contributed by atoms with Crippen LogP contribution in [-0.4, -0.2) is 64.5 Å². The molecule has 3 unspecified atom stereocenters. The standard InChI is InChI=1S/C24H27F2N5O4S/c1-24(7-2-3-13-9-14(23(25)26)4-5-16(13)24)18-11-20-28-8-6-19(31(20)30-18)29-17-10-15(12-35-36(27)34)21(32)22(17)33/h2-9,11,15-17,21-23,29,32-33H,10,12,27H2,1H3/p+1/t15-,16?,17-,21-,22+,24?,36?/m1/s1. The molecule has 0 radical (unpaired) electrons. The monoisotopic (exact) mass is 520 g/mol. The predicted molar refractivity (Wildman–Crippen MR) is 131 cm³/mol. The van der Waals surface area contributed by atoms with Crippen LogP contribution in [-0.2, 0) is 16.7 Å². The van der Waals surface area contributed by atoms with Crippen molar-refractivity contribution in [3.8, 4) is 0 Å². The van der Waals surface area contributed by atoms with E-state index in [9.17, 15) is 23.2 Å². The van der Waals surface area contributed by atoms with Gasteiger partial charge >= 0.3 is 11.3 Å². The molecular weight excluding hydrogens is 492 g/mol. The molecule has 3 aliphatic carbocycles. The Morgan fingerprint density at radius 3 is 2.94 bits per heavy atom. The van der Waals surface area contributed by atoms with Gasteiger partial charge in [0.2, 0.25) is 0 Å². The maximum atomic E-state index is 13.2. The van der Waals surface area contributed by atoms with Gasteiger partial charge in [-0.25, -0.2) is 13.8 Å². The maximum Gasteiger partial charge on any atom is 0.387 e. The smallest absolute Gasteiger partial charge is 0.387 e. The zero-order valence-corrected chi connectivity index (χ0v) is 20.2. The Morgan fingerprint density at radius 2 is 2.19 bits per heavy atom. The zero-order chi connectivity index (χ0) is 25.6. The van der Waals surface area contributed by atoms with Crippen molar-refractivity contribution >= 4 is 22.7 Å². The van der Waals surface area contributed by atoms with E-state index in [0.29, 0.717) is 23.6 Å². The highest BCUT2D eigenvalue weighted by Crippen LogP contribution is 2.44. The first kappa shape index (κ1) is 24.9. The second-order valence-electron chi connectivity index (χ2n) is 9.54. The van der Waals surface area contributed by atoms with Crippen LogP contribution in [0.25, 0.3) is 5.65 Å². The van der Waals surface area contributed by atoms with Gasteiger partial charge in [-0.05, 0) is 31.1 Å². The summed E-state index contributed by atoms with van der Waals surface area (Å²) >= 11 is -1.83. The van der Waals surface area contributed by atoms with Gasteiger partial charge < -0.3 is 19.7 Å². The van der Waals surface area contributed by atoms with Crippen molar-refractivity contribution in [2.24, 2.45) is 17.0 Å². The van der Waals surface area contributed by atoms with Gasteiger partial charge in [0.1, 0.15) is 11.9 Å². The van der Waals surface area contributed by atoms with Crippen molar-refractivity contribution in [3.63, 3.8) is 0 Å². The van der Waals surface area contributed by atoms with E-state index in [-0.39, 0.29) is 18.1 Å². The van der Waals surface area contributed by atoms with Crippen LogP contribution in [0.1, 0.15) is 19.0 Å². The van der Waals surface area contributed by atoms with Gasteiger partial charge in [-0.2, -0.15) is 19.0 Å². The Morgan fingerprint density at radius 1 is 1.39 bits per heavy atom. The minimum atomic E-state index is -2.54. The van der Waals surface area contributed by atoms with E-state index in [2.05, 4.69) is 14.5 Å². The van der Waals surface area contributed by atoms with Gasteiger partial charge in [-0.3, -0.25) is 0 Å². The predicted octanol–water partition coefficient (Wildman–Crippen LogP) is 1.45. The van der Waals surface area contributed by atoms with Gasteiger partial charge in [-0.15, -0.1) is 0 Å². The molecule has 0 aromatic carbocycles. The van der Waals surface area contributed by atoms with Crippen LogP contribution in [0.5, 0.6) is 0 Å². The van der Waals surface area contributed by atoms with Gasteiger partial charge in [0, 0.05) is 29.2 Å².